The number of methoxy groups -OCH3 is 1. The van der Waals surface area contributed by atoms with E-state index in [1.807, 2.05) is 12.1 Å². The third-order valence-electron chi connectivity index (χ3n) is 3.42. The molecule has 0 fully saturated rings. The van der Waals surface area contributed by atoms with Crippen molar-refractivity contribution >= 4 is 16.0 Å². The molecule has 0 amide bonds. The predicted octanol–water partition coefficient (Wildman–Crippen LogP) is 2.56. The maximum absolute atomic E-state index is 12.7. The number of esters is 1. The standard InChI is InChI=1S/C16H25NO4S/c1-12(2)17(11-15(18)21-6)22(19,20)14-9-7-13(8-10-14)16(3,4)5/h7-10,12H,11H2,1-6H3. The number of ether oxygens (including phenoxy) is 1. The fraction of sp³-hybridized carbons (Fsp3) is 0.562. The highest BCUT2D eigenvalue weighted by Crippen LogP contribution is 2.25. The molecule has 1 aromatic carbocycles. The van der Waals surface area contributed by atoms with Gasteiger partial charge in [-0.05, 0) is 37.0 Å². The number of nitrogens with zero attached hydrogens (tertiary/aromatic N) is 1. The van der Waals surface area contributed by atoms with E-state index < -0.39 is 16.0 Å². The summed E-state index contributed by atoms with van der Waals surface area (Å²) in [4.78, 5) is 11.6. The minimum atomic E-state index is -3.74. The monoisotopic (exact) mass is 327 g/mol. The highest BCUT2D eigenvalue weighted by Gasteiger charge is 2.29. The summed E-state index contributed by atoms with van der Waals surface area (Å²) in [6, 6.07) is 6.45. The van der Waals surface area contributed by atoms with Crippen LogP contribution in [0.5, 0.6) is 0 Å². The van der Waals surface area contributed by atoms with Gasteiger partial charge in [-0.25, -0.2) is 8.42 Å². The van der Waals surface area contributed by atoms with Crippen molar-refractivity contribution in [1.82, 2.24) is 4.31 Å². The number of rotatable bonds is 5. The van der Waals surface area contributed by atoms with Crippen molar-refractivity contribution in [3.8, 4) is 0 Å². The SMILES string of the molecule is COC(=O)CN(C(C)C)S(=O)(=O)c1ccc(C(C)(C)C)cc1. The van der Waals surface area contributed by atoms with Gasteiger partial charge in [0.25, 0.3) is 0 Å². The second kappa shape index (κ2) is 6.79. The van der Waals surface area contributed by atoms with Gasteiger partial charge < -0.3 is 4.74 Å². The second-order valence-corrected chi connectivity index (χ2v) is 8.39. The van der Waals surface area contributed by atoms with Crippen LogP contribution in [0.4, 0.5) is 0 Å². The lowest BCUT2D eigenvalue weighted by Gasteiger charge is -2.25. The number of benzene rings is 1. The van der Waals surface area contributed by atoms with Crippen molar-refractivity contribution in [1.29, 1.82) is 0 Å². The van der Waals surface area contributed by atoms with E-state index in [0.29, 0.717) is 0 Å². The molecule has 6 heteroatoms. The first-order chi connectivity index (χ1) is 10.00. The molecule has 0 atom stereocenters. The summed E-state index contributed by atoms with van der Waals surface area (Å²) in [6.45, 7) is 9.35. The Kier molecular flexibility index (Phi) is 5.76. The van der Waals surface area contributed by atoms with Gasteiger partial charge >= 0.3 is 5.97 Å². The van der Waals surface area contributed by atoms with Crippen LogP contribution in [0.25, 0.3) is 0 Å². The number of hydrogen-bond donors (Lipinski definition) is 0. The molecule has 0 aliphatic heterocycles. The molecule has 0 radical (unpaired) electrons. The fourth-order valence-corrected chi connectivity index (χ4v) is 3.58. The molecule has 0 heterocycles. The largest absolute Gasteiger partial charge is 0.468 e. The van der Waals surface area contributed by atoms with Gasteiger partial charge in [-0.15, -0.1) is 0 Å². The average molecular weight is 327 g/mol. The molecule has 1 aromatic rings. The first kappa shape index (κ1) is 18.6. The van der Waals surface area contributed by atoms with Crippen molar-refractivity contribution in [2.24, 2.45) is 0 Å². The summed E-state index contributed by atoms with van der Waals surface area (Å²) in [5.41, 5.74) is 1.00. The summed E-state index contributed by atoms with van der Waals surface area (Å²) < 4.78 is 31.1. The van der Waals surface area contributed by atoms with E-state index in [0.717, 1.165) is 9.87 Å². The van der Waals surface area contributed by atoms with Gasteiger partial charge in [0.2, 0.25) is 10.0 Å². The van der Waals surface area contributed by atoms with Crippen LogP contribution in [0.1, 0.15) is 40.2 Å². The highest BCUT2D eigenvalue weighted by molar-refractivity contribution is 7.89. The molecule has 5 nitrogen and oxygen atoms in total. The third kappa shape index (κ3) is 4.30. The van der Waals surface area contributed by atoms with Crippen LogP contribution in [0.3, 0.4) is 0 Å². The Balaban J connectivity index is 3.17. The van der Waals surface area contributed by atoms with E-state index in [1.54, 1.807) is 26.0 Å². The smallest absolute Gasteiger partial charge is 0.321 e. The zero-order chi connectivity index (χ0) is 17.1. The van der Waals surface area contributed by atoms with Crippen LogP contribution in [-0.2, 0) is 25.0 Å². The van der Waals surface area contributed by atoms with E-state index in [-0.39, 0.29) is 22.9 Å². The Morgan fingerprint density at radius 2 is 1.68 bits per heavy atom. The summed E-state index contributed by atoms with van der Waals surface area (Å²) in [7, 11) is -2.49. The molecule has 124 valence electrons. The Labute approximate surface area is 133 Å². The van der Waals surface area contributed by atoms with E-state index in [9.17, 15) is 13.2 Å². The zero-order valence-corrected chi connectivity index (χ0v) is 14.9. The van der Waals surface area contributed by atoms with Gasteiger partial charge in [0, 0.05) is 6.04 Å². The number of sulfonamides is 1. The van der Waals surface area contributed by atoms with E-state index in [2.05, 4.69) is 25.5 Å². The Bertz CT molecular complexity index is 613. The topological polar surface area (TPSA) is 63.7 Å². The molecule has 0 saturated carbocycles. The van der Waals surface area contributed by atoms with Crippen LogP contribution in [-0.4, -0.2) is 38.4 Å². The van der Waals surface area contributed by atoms with E-state index in [1.165, 1.54) is 7.11 Å². The first-order valence-corrected chi connectivity index (χ1v) is 8.63. The normalized spacial score (nSPS) is 12.7. The second-order valence-electron chi connectivity index (χ2n) is 6.49. The number of carbonyl (C=O) groups is 1. The Hall–Kier alpha value is -1.40. The maximum atomic E-state index is 12.7. The third-order valence-corrected chi connectivity index (χ3v) is 5.45. The molecule has 0 N–H and O–H groups in total. The van der Waals surface area contributed by atoms with Crippen molar-refractivity contribution < 1.29 is 17.9 Å². The molecule has 0 saturated heterocycles. The lowest BCUT2D eigenvalue weighted by atomic mass is 9.87. The summed E-state index contributed by atoms with van der Waals surface area (Å²) >= 11 is 0. The van der Waals surface area contributed by atoms with Gasteiger partial charge in [-0.1, -0.05) is 32.9 Å². The molecule has 0 aliphatic rings. The molecule has 0 aromatic heterocycles. The van der Waals surface area contributed by atoms with Crippen LogP contribution in [0.2, 0.25) is 0 Å². The van der Waals surface area contributed by atoms with Gasteiger partial charge in [0.1, 0.15) is 6.54 Å². The molecule has 0 unspecified atom stereocenters. The number of carbonyl (C=O) groups excluding carboxylic acids is 1. The summed E-state index contributed by atoms with van der Waals surface area (Å²) in [6.07, 6.45) is 0. The quantitative estimate of drug-likeness (QED) is 0.780. The van der Waals surface area contributed by atoms with E-state index in [4.69, 9.17) is 0 Å². The molecular weight excluding hydrogens is 302 g/mol. The summed E-state index contributed by atoms with van der Waals surface area (Å²) in [5.74, 6) is -0.580. The Morgan fingerprint density at radius 3 is 2.05 bits per heavy atom. The molecule has 0 spiro atoms. The van der Waals surface area contributed by atoms with Crippen LogP contribution in [0, 0.1) is 0 Å². The summed E-state index contributed by atoms with van der Waals surface area (Å²) in [5, 5.41) is 0. The average Bonchev–Trinajstić information content (AvgIpc) is 2.43. The predicted molar refractivity (Wildman–Crippen MR) is 86.2 cm³/mol. The van der Waals surface area contributed by atoms with E-state index >= 15 is 0 Å². The van der Waals surface area contributed by atoms with Gasteiger partial charge in [0.15, 0.2) is 0 Å². The molecule has 22 heavy (non-hydrogen) atoms. The van der Waals surface area contributed by atoms with Crippen LogP contribution < -0.4 is 0 Å². The van der Waals surface area contributed by atoms with Gasteiger partial charge in [-0.3, -0.25) is 4.79 Å². The number of hydrogen-bond acceptors (Lipinski definition) is 4. The minimum absolute atomic E-state index is 0.0496. The molecule has 1 rings (SSSR count). The first-order valence-electron chi connectivity index (χ1n) is 7.19. The lowest BCUT2D eigenvalue weighted by Crippen LogP contribution is -2.41. The fourth-order valence-electron chi connectivity index (χ4n) is 2.00. The van der Waals surface area contributed by atoms with Crippen molar-refractivity contribution in [3.05, 3.63) is 29.8 Å². The van der Waals surface area contributed by atoms with Gasteiger partial charge in [-0.2, -0.15) is 4.31 Å². The van der Waals surface area contributed by atoms with Crippen LogP contribution >= 0.6 is 0 Å². The van der Waals surface area contributed by atoms with Crippen molar-refractivity contribution in [2.45, 2.75) is 51.0 Å². The lowest BCUT2D eigenvalue weighted by molar-refractivity contribution is -0.141. The van der Waals surface area contributed by atoms with Gasteiger partial charge in [0.05, 0.1) is 12.0 Å². The maximum Gasteiger partial charge on any atom is 0.321 e. The molecule has 0 bridgehead atoms. The highest BCUT2D eigenvalue weighted by atomic mass is 32.2. The van der Waals surface area contributed by atoms with Crippen molar-refractivity contribution in [2.75, 3.05) is 13.7 Å². The zero-order valence-electron chi connectivity index (χ0n) is 14.1. The minimum Gasteiger partial charge on any atom is -0.468 e. The molecule has 0 aliphatic carbocycles. The Morgan fingerprint density at radius 1 is 1.18 bits per heavy atom. The molecular formula is C16H25NO4S. The van der Waals surface area contributed by atoms with Crippen molar-refractivity contribution in [3.63, 3.8) is 0 Å². The van der Waals surface area contributed by atoms with Crippen LogP contribution in [0.15, 0.2) is 29.2 Å².